The molecule has 6 heteroatoms. The van der Waals surface area contributed by atoms with Crippen molar-refractivity contribution in [3.8, 4) is 0 Å². The van der Waals surface area contributed by atoms with Crippen LogP contribution >= 0.6 is 11.8 Å². The van der Waals surface area contributed by atoms with Gasteiger partial charge in [0.1, 0.15) is 0 Å². The molecule has 0 radical (unpaired) electrons. The van der Waals surface area contributed by atoms with Crippen molar-refractivity contribution in [1.82, 2.24) is 0 Å². The molecule has 5 nitrogen and oxygen atoms in total. The Kier molecular flexibility index (Phi) is 7.09. The topological polar surface area (TPSA) is 72.5 Å². The number of thioether (sulfide) groups is 1. The lowest BCUT2D eigenvalue weighted by molar-refractivity contribution is -0.153. The highest BCUT2D eigenvalue weighted by atomic mass is 32.2. The molecule has 0 aliphatic heterocycles. The fourth-order valence-corrected chi connectivity index (χ4v) is 3.75. The Morgan fingerprint density at radius 2 is 1.76 bits per heavy atom. The van der Waals surface area contributed by atoms with Gasteiger partial charge >= 0.3 is 5.97 Å². The molecular weight excluding hydrogens is 386 g/mol. The lowest BCUT2D eigenvalue weighted by atomic mass is 10.1. The van der Waals surface area contributed by atoms with E-state index in [4.69, 9.17) is 4.74 Å². The van der Waals surface area contributed by atoms with Crippen LogP contribution in [0.2, 0.25) is 0 Å². The van der Waals surface area contributed by atoms with Crippen molar-refractivity contribution in [2.45, 2.75) is 50.0 Å². The van der Waals surface area contributed by atoms with Gasteiger partial charge in [0.2, 0.25) is 0 Å². The average Bonchev–Trinajstić information content (AvgIpc) is 3.19. The van der Waals surface area contributed by atoms with Gasteiger partial charge in [-0.2, -0.15) is 0 Å². The van der Waals surface area contributed by atoms with Crippen molar-refractivity contribution in [3.63, 3.8) is 0 Å². The first-order valence-electron chi connectivity index (χ1n) is 9.75. The van der Waals surface area contributed by atoms with Crippen LogP contribution in [0.4, 0.5) is 5.69 Å². The standard InChI is InChI=1S/C23H25NO4S/c1-15(23(27)24-19-9-6-16-4-3-5-18(16)14-19)28-22(26)13-12-21(25)17-7-10-20(29-2)11-8-17/h6-11,14-15H,3-5,12-13H2,1-2H3,(H,24,27)/t15-/m1/s1. The largest absolute Gasteiger partial charge is 0.453 e. The van der Waals surface area contributed by atoms with E-state index in [1.54, 1.807) is 23.9 Å². The first-order valence-corrected chi connectivity index (χ1v) is 11.0. The zero-order valence-electron chi connectivity index (χ0n) is 16.7. The van der Waals surface area contributed by atoms with Gasteiger partial charge in [0.05, 0.1) is 6.42 Å². The van der Waals surface area contributed by atoms with E-state index in [1.807, 2.05) is 36.6 Å². The molecule has 1 N–H and O–H groups in total. The van der Waals surface area contributed by atoms with E-state index < -0.39 is 12.1 Å². The molecule has 152 valence electrons. The number of Topliss-reactive ketones (excluding diaryl/α,β-unsaturated/α-hetero) is 1. The summed E-state index contributed by atoms with van der Waals surface area (Å²) in [6.07, 6.45) is 4.29. The number of carbonyl (C=O) groups is 3. The predicted molar refractivity (Wildman–Crippen MR) is 114 cm³/mol. The number of rotatable bonds is 8. The Bertz CT molecular complexity index is 908. The summed E-state index contributed by atoms with van der Waals surface area (Å²) in [5.41, 5.74) is 3.87. The molecule has 29 heavy (non-hydrogen) atoms. The summed E-state index contributed by atoms with van der Waals surface area (Å²) in [6.45, 7) is 1.53. The summed E-state index contributed by atoms with van der Waals surface area (Å²) >= 11 is 1.60. The van der Waals surface area contributed by atoms with Crippen LogP contribution in [-0.4, -0.2) is 30.0 Å². The second kappa shape index (κ2) is 9.74. The van der Waals surface area contributed by atoms with E-state index >= 15 is 0 Å². The molecule has 2 aromatic rings. The zero-order valence-corrected chi connectivity index (χ0v) is 17.5. The SMILES string of the molecule is CSc1ccc(C(=O)CCC(=O)O[C@H](C)C(=O)Nc2ccc3c(c2)CCC3)cc1. The maximum atomic E-state index is 12.3. The summed E-state index contributed by atoms with van der Waals surface area (Å²) in [6, 6.07) is 13.2. The van der Waals surface area contributed by atoms with Crippen LogP contribution in [0.25, 0.3) is 0 Å². The van der Waals surface area contributed by atoms with Crippen LogP contribution in [0, 0.1) is 0 Å². The molecule has 0 saturated heterocycles. The number of anilines is 1. The molecule has 0 spiro atoms. The summed E-state index contributed by atoms with van der Waals surface area (Å²) in [5.74, 6) is -1.06. The fraction of sp³-hybridized carbons (Fsp3) is 0.348. The van der Waals surface area contributed by atoms with Gasteiger partial charge < -0.3 is 10.1 Å². The van der Waals surface area contributed by atoms with Gasteiger partial charge in [-0.05, 0) is 67.8 Å². The minimum Gasteiger partial charge on any atom is -0.453 e. The molecule has 0 bridgehead atoms. The minimum absolute atomic E-state index is 0.0522. The average molecular weight is 412 g/mol. The van der Waals surface area contributed by atoms with Crippen molar-refractivity contribution in [2.24, 2.45) is 0 Å². The lowest BCUT2D eigenvalue weighted by Crippen LogP contribution is -2.30. The van der Waals surface area contributed by atoms with Crippen molar-refractivity contribution in [2.75, 3.05) is 11.6 Å². The number of benzene rings is 2. The van der Waals surface area contributed by atoms with E-state index in [2.05, 4.69) is 5.32 Å². The predicted octanol–water partition coefficient (Wildman–Crippen LogP) is 4.43. The minimum atomic E-state index is -0.924. The van der Waals surface area contributed by atoms with Crippen LogP contribution in [0.5, 0.6) is 0 Å². The number of aryl methyl sites for hydroxylation is 2. The van der Waals surface area contributed by atoms with Gasteiger partial charge in [0.15, 0.2) is 11.9 Å². The van der Waals surface area contributed by atoms with Crippen LogP contribution in [0.1, 0.15) is 47.7 Å². The molecule has 2 aromatic carbocycles. The number of ether oxygens (including phenoxy) is 1. The Morgan fingerprint density at radius 3 is 2.48 bits per heavy atom. The molecule has 1 aliphatic carbocycles. The van der Waals surface area contributed by atoms with Crippen LogP contribution in [-0.2, 0) is 27.2 Å². The summed E-state index contributed by atoms with van der Waals surface area (Å²) in [4.78, 5) is 37.6. The smallest absolute Gasteiger partial charge is 0.307 e. The van der Waals surface area contributed by atoms with Crippen LogP contribution in [0.3, 0.4) is 0 Å². The second-order valence-electron chi connectivity index (χ2n) is 7.11. The molecule has 3 rings (SSSR count). The van der Waals surface area contributed by atoms with Crippen LogP contribution < -0.4 is 5.32 Å². The Hall–Kier alpha value is -2.60. The van der Waals surface area contributed by atoms with E-state index in [-0.39, 0.29) is 24.5 Å². The van der Waals surface area contributed by atoms with Crippen molar-refractivity contribution >= 4 is 35.1 Å². The molecule has 0 aromatic heterocycles. The first-order chi connectivity index (χ1) is 14.0. The molecule has 0 saturated carbocycles. The van der Waals surface area contributed by atoms with Gasteiger partial charge in [0, 0.05) is 22.6 Å². The number of fused-ring (bicyclic) bond motifs is 1. The number of esters is 1. The van der Waals surface area contributed by atoms with Crippen LogP contribution in [0.15, 0.2) is 47.4 Å². The Morgan fingerprint density at radius 1 is 1.03 bits per heavy atom. The monoisotopic (exact) mass is 411 g/mol. The summed E-state index contributed by atoms with van der Waals surface area (Å²) < 4.78 is 5.19. The molecule has 0 fully saturated rings. The zero-order chi connectivity index (χ0) is 20.8. The molecule has 1 atom stereocenters. The van der Waals surface area contributed by atoms with Crippen molar-refractivity contribution in [1.29, 1.82) is 0 Å². The third-order valence-electron chi connectivity index (χ3n) is 5.01. The number of hydrogen-bond acceptors (Lipinski definition) is 5. The van der Waals surface area contributed by atoms with E-state index in [1.165, 1.54) is 18.1 Å². The molecule has 0 unspecified atom stereocenters. The van der Waals surface area contributed by atoms with E-state index in [0.717, 1.165) is 24.2 Å². The molecule has 0 heterocycles. The van der Waals surface area contributed by atoms with Crippen molar-refractivity contribution in [3.05, 3.63) is 59.2 Å². The quantitative estimate of drug-likeness (QED) is 0.395. The second-order valence-corrected chi connectivity index (χ2v) is 7.99. The number of hydrogen-bond donors (Lipinski definition) is 1. The highest BCUT2D eigenvalue weighted by Gasteiger charge is 2.20. The Balaban J connectivity index is 1.45. The fourth-order valence-electron chi connectivity index (χ4n) is 3.34. The highest BCUT2D eigenvalue weighted by Crippen LogP contribution is 2.25. The maximum absolute atomic E-state index is 12.3. The first kappa shape index (κ1) is 21.1. The number of amides is 1. The van der Waals surface area contributed by atoms with E-state index in [0.29, 0.717) is 11.3 Å². The maximum Gasteiger partial charge on any atom is 0.307 e. The van der Waals surface area contributed by atoms with Gasteiger partial charge in [-0.3, -0.25) is 14.4 Å². The number of carbonyl (C=O) groups excluding carboxylic acids is 3. The third-order valence-corrected chi connectivity index (χ3v) is 5.76. The summed E-state index contributed by atoms with van der Waals surface area (Å²) in [7, 11) is 0. The normalized spacial score (nSPS) is 13.4. The highest BCUT2D eigenvalue weighted by molar-refractivity contribution is 7.98. The lowest BCUT2D eigenvalue weighted by Gasteiger charge is -2.14. The molecular formula is C23H25NO4S. The molecule has 1 amide bonds. The van der Waals surface area contributed by atoms with Gasteiger partial charge in [-0.15, -0.1) is 11.8 Å². The Labute approximate surface area is 175 Å². The molecule has 1 aliphatic rings. The summed E-state index contributed by atoms with van der Waals surface area (Å²) in [5, 5.41) is 2.79. The van der Waals surface area contributed by atoms with Gasteiger partial charge in [0.25, 0.3) is 5.91 Å². The van der Waals surface area contributed by atoms with Crippen molar-refractivity contribution < 1.29 is 19.1 Å². The van der Waals surface area contributed by atoms with Gasteiger partial charge in [-0.25, -0.2) is 0 Å². The van der Waals surface area contributed by atoms with Gasteiger partial charge in [-0.1, -0.05) is 18.2 Å². The third kappa shape index (κ3) is 5.70. The van der Waals surface area contributed by atoms with E-state index in [9.17, 15) is 14.4 Å². The number of ketones is 1. The number of nitrogens with one attached hydrogen (secondary N) is 1.